The molecule has 4 heteroatoms. The van der Waals surface area contributed by atoms with Crippen LogP contribution in [-0.4, -0.2) is 10.7 Å². The van der Waals surface area contributed by atoms with Crippen LogP contribution < -0.4 is 0 Å². The molecule has 0 spiro atoms. The highest BCUT2D eigenvalue weighted by Crippen LogP contribution is 2.67. The van der Waals surface area contributed by atoms with Gasteiger partial charge < -0.3 is 4.74 Å². The fourth-order valence-electron chi connectivity index (χ4n) is 3.88. The van der Waals surface area contributed by atoms with Crippen molar-refractivity contribution in [3.8, 4) is 0 Å². The van der Waals surface area contributed by atoms with Crippen molar-refractivity contribution >= 4 is 34.6 Å². The number of allylic oxidation sites excluding steroid dienone is 5. The Kier molecular flexibility index (Phi) is 4.05. The highest BCUT2D eigenvalue weighted by atomic mass is 32.2. The van der Waals surface area contributed by atoms with Gasteiger partial charge in [0.1, 0.15) is 5.76 Å². The van der Waals surface area contributed by atoms with Gasteiger partial charge in [0.25, 0.3) is 0 Å². The van der Waals surface area contributed by atoms with Crippen molar-refractivity contribution in [2.24, 2.45) is 17.8 Å². The molecule has 1 aromatic rings. The summed E-state index contributed by atoms with van der Waals surface area (Å²) in [7, 11) is 0. The number of hydrogen-bond donors (Lipinski definition) is 0. The molecule has 0 aromatic carbocycles. The Bertz CT molecular complexity index is 770. The quantitative estimate of drug-likeness (QED) is 0.662. The van der Waals surface area contributed by atoms with Gasteiger partial charge in [0.15, 0.2) is 0 Å². The zero-order chi connectivity index (χ0) is 16.7. The predicted octanol–water partition coefficient (Wildman–Crippen LogP) is 5.42. The van der Waals surface area contributed by atoms with Crippen molar-refractivity contribution in [2.45, 2.75) is 25.0 Å². The molecule has 3 heterocycles. The van der Waals surface area contributed by atoms with Crippen molar-refractivity contribution in [3.05, 3.63) is 63.9 Å². The number of carbonyl (C=O) groups excluding carboxylic acids is 1. The van der Waals surface area contributed by atoms with Gasteiger partial charge in [-0.25, -0.2) is 4.79 Å². The molecular formula is C20H20O2S2. The lowest BCUT2D eigenvalue weighted by Gasteiger charge is -2.35. The molecule has 4 unspecified atom stereocenters. The number of fused-ring (bicyclic) bond motifs is 2. The van der Waals surface area contributed by atoms with Crippen LogP contribution in [0.3, 0.4) is 0 Å². The fraction of sp³-hybridized carbons (Fsp3) is 0.350. The summed E-state index contributed by atoms with van der Waals surface area (Å²) >= 11 is 3.64. The average molecular weight is 357 g/mol. The Labute approximate surface area is 151 Å². The molecule has 2 aliphatic carbocycles. The van der Waals surface area contributed by atoms with Gasteiger partial charge in [-0.1, -0.05) is 44.2 Å². The number of thioether (sulfide) groups is 1. The molecule has 0 N–H and O–H groups in total. The zero-order valence-electron chi connectivity index (χ0n) is 13.8. The molecule has 2 aliphatic heterocycles. The summed E-state index contributed by atoms with van der Waals surface area (Å²) in [5.41, 5.74) is 1.07. The van der Waals surface area contributed by atoms with E-state index in [0.717, 1.165) is 11.3 Å². The Morgan fingerprint density at radius 2 is 2.08 bits per heavy atom. The molecule has 2 nitrogen and oxygen atoms in total. The zero-order valence-corrected chi connectivity index (χ0v) is 15.4. The van der Waals surface area contributed by atoms with Crippen LogP contribution >= 0.6 is 23.1 Å². The van der Waals surface area contributed by atoms with E-state index >= 15 is 0 Å². The monoisotopic (exact) mass is 356 g/mol. The number of rotatable bonds is 2. The largest absolute Gasteiger partial charge is 0.427 e. The minimum absolute atomic E-state index is 0.178. The summed E-state index contributed by atoms with van der Waals surface area (Å²) in [5.74, 6) is 1.85. The van der Waals surface area contributed by atoms with Gasteiger partial charge in [0.2, 0.25) is 0 Å². The van der Waals surface area contributed by atoms with Gasteiger partial charge in [-0.2, -0.15) is 0 Å². The summed E-state index contributed by atoms with van der Waals surface area (Å²) in [6.07, 6.45) is 11.7. The molecule has 0 saturated heterocycles. The molecule has 1 aromatic heterocycles. The number of hydrogen-bond acceptors (Lipinski definition) is 4. The molecule has 4 atom stereocenters. The van der Waals surface area contributed by atoms with E-state index in [-0.39, 0.29) is 11.9 Å². The smallest absolute Gasteiger partial charge is 0.335 e. The molecule has 24 heavy (non-hydrogen) atoms. The van der Waals surface area contributed by atoms with E-state index in [1.807, 2.05) is 37.8 Å². The second kappa shape index (κ2) is 6.08. The first-order chi connectivity index (χ1) is 11.8. The van der Waals surface area contributed by atoms with Gasteiger partial charge in [-0.15, -0.1) is 23.1 Å². The van der Waals surface area contributed by atoms with Crippen molar-refractivity contribution in [3.63, 3.8) is 0 Å². The summed E-state index contributed by atoms with van der Waals surface area (Å²) < 4.78 is 5.95. The third-order valence-electron chi connectivity index (χ3n) is 5.03. The molecule has 5 rings (SSSR count). The lowest BCUT2D eigenvalue weighted by molar-refractivity contribution is -0.135. The van der Waals surface area contributed by atoms with E-state index in [4.69, 9.17) is 4.74 Å². The Balaban J connectivity index is 0.000000704. The number of ether oxygens (including phenoxy) is 1. The van der Waals surface area contributed by atoms with Gasteiger partial charge >= 0.3 is 5.97 Å². The molecule has 4 aliphatic rings. The van der Waals surface area contributed by atoms with Crippen molar-refractivity contribution in [1.29, 1.82) is 0 Å². The van der Waals surface area contributed by atoms with E-state index in [9.17, 15) is 4.79 Å². The van der Waals surface area contributed by atoms with Crippen molar-refractivity contribution in [2.75, 3.05) is 0 Å². The summed E-state index contributed by atoms with van der Waals surface area (Å²) in [6, 6.07) is 4.13. The van der Waals surface area contributed by atoms with Gasteiger partial charge in [-0.3, -0.25) is 0 Å². The van der Waals surface area contributed by atoms with E-state index in [1.54, 1.807) is 17.4 Å². The second-order valence-electron chi connectivity index (χ2n) is 6.16. The maximum absolute atomic E-state index is 11.8. The number of esters is 1. The van der Waals surface area contributed by atoms with Crippen LogP contribution in [0.2, 0.25) is 0 Å². The van der Waals surface area contributed by atoms with Crippen LogP contribution in [0.5, 0.6) is 0 Å². The van der Waals surface area contributed by atoms with E-state index in [0.29, 0.717) is 16.6 Å². The number of thiophene rings is 1. The average Bonchev–Trinajstić information content (AvgIpc) is 2.98. The Hall–Kier alpha value is -1.52. The minimum atomic E-state index is -0.253. The molecule has 0 amide bonds. The van der Waals surface area contributed by atoms with E-state index in [1.165, 1.54) is 11.3 Å². The van der Waals surface area contributed by atoms with Crippen LogP contribution in [0.1, 0.15) is 25.1 Å². The highest BCUT2D eigenvalue weighted by Gasteiger charge is 2.62. The molecule has 124 valence electrons. The van der Waals surface area contributed by atoms with Crippen LogP contribution in [0.4, 0.5) is 0 Å². The summed E-state index contributed by atoms with van der Waals surface area (Å²) in [5, 5.41) is 4.30. The highest BCUT2D eigenvalue weighted by molar-refractivity contribution is 8.04. The molecular weight excluding hydrogens is 336 g/mol. The summed E-state index contributed by atoms with van der Waals surface area (Å²) in [4.78, 5) is 12.9. The first kappa shape index (κ1) is 16.0. The minimum Gasteiger partial charge on any atom is -0.427 e. The van der Waals surface area contributed by atoms with Crippen LogP contribution in [0, 0.1) is 17.8 Å². The third kappa shape index (κ3) is 2.35. The van der Waals surface area contributed by atoms with E-state index in [2.05, 4.69) is 35.1 Å². The van der Waals surface area contributed by atoms with Crippen LogP contribution in [-0.2, 0) is 9.53 Å². The maximum Gasteiger partial charge on any atom is 0.335 e. The predicted molar refractivity (Wildman–Crippen MR) is 102 cm³/mol. The molecule has 0 bridgehead atoms. The SMILES string of the molecule is CC.O=C1C=CC2C(=C(c3cccs3)C=CC2C23CC2C=CS3)O1. The molecule has 1 saturated carbocycles. The van der Waals surface area contributed by atoms with Gasteiger partial charge in [0, 0.05) is 33.1 Å². The normalized spacial score (nSPS) is 35.1. The Morgan fingerprint density at radius 1 is 1.21 bits per heavy atom. The number of carbonyl (C=O) groups is 1. The maximum atomic E-state index is 11.8. The standard InChI is InChI=1S/C18H14O2S2.C2H6/c19-16-6-4-12-14(18-10-11(18)7-9-22-18)5-3-13(17(12)20-16)15-2-1-8-21-15;1-2/h1-9,11-12,14H,10H2;1-2H3. The van der Waals surface area contributed by atoms with Gasteiger partial charge in [0.05, 0.1) is 0 Å². The fourth-order valence-corrected chi connectivity index (χ4v) is 6.06. The Morgan fingerprint density at radius 3 is 2.75 bits per heavy atom. The second-order valence-corrected chi connectivity index (χ2v) is 8.37. The third-order valence-corrected chi connectivity index (χ3v) is 7.41. The molecule has 1 fully saturated rings. The van der Waals surface area contributed by atoms with E-state index < -0.39 is 0 Å². The summed E-state index contributed by atoms with van der Waals surface area (Å²) in [6.45, 7) is 4.00. The lowest BCUT2D eigenvalue weighted by atomic mass is 9.78. The first-order valence-corrected chi connectivity index (χ1v) is 10.2. The first-order valence-electron chi connectivity index (χ1n) is 8.49. The van der Waals surface area contributed by atoms with Gasteiger partial charge in [-0.05, 0) is 29.2 Å². The van der Waals surface area contributed by atoms with Crippen LogP contribution in [0.15, 0.2) is 59.1 Å². The topological polar surface area (TPSA) is 26.3 Å². The van der Waals surface area contributed by atoms with Crippen molar-refractivity contribution < 1.29 is 9.53 Å². The lowest BCUT2D eigenvalue weighted by Crippen LogP contribution is -2.32. The van der Waals surface area contributed by atoms with Crippen LogP contribution in [0.25, 0.3) is 5.57 Å². The molecule has 0 radical (unpaired) electrons. The van der Waals surface area contributed by atoms with Crippen molar-refractivity contribution in [1.82, 2.24) is 0 Å².